The van der Waals surface area contributed by atoms with Crippen LogP contribution in [0.2, 0.25) is 5.02 Å². The Kier molecular flexibility index (Phi) is 5.36. The van der Waals surface area contributed by atoms with Gasteiger partial charge in [-0.05, 0) is 37.8 Å². The van der Waals surface area contributed by atoms with Crippen molar-refractivity contribution >= 4 is 11.6 Å². The smallest absolute Gasteiger partial charge is 0.0920 e. The fourth-order valence-electron chi connectivity index (χ4n) is 3.25. The van der Waals surface area contributed by atoms with E-state index in [4.69, 9.17) is 11.6 Å². The van der Waals surface area contributed by atoms with Crippen LogP contribution in [-0.2, 0) is 12.1 Å². The van der Waals surface area contributed by atoms with Gasteiger partial charge in [-0.1, -0.05) is 41.9 Å². The van der Waals surface area contributed by atoms with E-state index < -0.39 is 5.60 Å². The van der Waals surface area contributed by atoms with Crippen molar-refractivity contribution in [1.82, 2.24) is 14.7 Å². The Balaban J connectivity index is 1.39. The molecule has 0 unspecified atom stereocenters. The number of aryl methyl sites for hydroxylation is 1. The molecule has 4 nitrogen and oxygen atoms in total. The highest BCUT2D eigenvalue weighted by Gasteiger charge is 2.33. The molecule has 23 heavy (non-hydrogen) atoms. The Labute approximate surface area is 142 Å². The van der Waals surface area contributed by atoms with Crippen LogP contribution in [0.5, 0.6) is 0 Å². The van der Waals surface area contributed by atoms with Crippen LogP contribution in [0.25, 0.3) is 0 Å². The van der Waals surface area contributed by atoms with E-state index in [1.54, 1.807) is 6.20 Å². The minimum Gasteiger partial charge on any atom is -0.385 e. The fraction of sp³-hybridized carbons (Fsp3) is 0.500. The van der Waals surface area contributed by atoms with Gasteiger partial charge in [-0.25, -0.2) is 0 Å². The SMILES string of the molecule is OC1(c2ccccc2)CCN(CCCCn2cc(Cl)cn2)CC1. The molecule has 1 aliphatic rings. The molecule has 0 bridgehead atoms. The highest BCUT2D eigenvalue weighted by Crippen LogP contribution is 2.32. The van der Waals surface area contributed by atoms with E-state index in [0.29, 0.717) is 5.02 Å². The number of aromatic nitrogens is 2. The molecule has 1 aliphatic heterocycles. The lowest BCUT2D eigenvalue weighted by molar-refractivity contribution is -0.0261. The van der Waals surface area contributed by atoms with E-state index in [2.05, 4.69) is 10.00 Å². The molecule has 1 saturated heterocycles. The van der Waals surface area contributed by atoms with Gasteiger partial charge < -0.3 is 10.0 Å². The maximum atomic E-state index is 10.8. The molecular formula is C18H24ClN3O. The summed E-state index contributed by atoms with van der Waals surface area (Å²) < 4.78 is 1.90. The maximum Gasteiger partial charge on any atom is 0.0920 e. The lowest BCUT2D eigenvalue weighted by Crippen LogP contribution is -2.42. The molecule has 0 spiro atoms. The molecule has 124 valence electrons. The molecule has 1 N–H and O–H groups in total. The monoisotopic (exact) mass is 333 g/mol. The van der Waals surface area contributed by atoms with Crippen LogP contribution in [-0.4, -0.2) is 39.4 Å². The lowest BCUT2D eigenvalue weighted by Gasteiger charge is -2.38. The van der Waals surface area contributed by atoms with E-state index in [1.165, 1.54) is 0 Å². The van der Waals surface area contributed by atoms with Crippen molar-refractivity contribution in [3.05, 3.63) is 53.3 Å². The predicted octanol–water partition coefficient (Wildman–Crippen LogP) is 3.30. The summed E-state index contributed by atoms with van der Waals surface area (Å²) in [5.41, 5.74) is 0.402. The van der Waals surface area contributed by atoms with Crippen molar-refractivity contribution in [3.63, 3.8) is 0 Å². The molecule has 5 heteroatoms. The molecule has 0 amide bonds. The quantitative estimate of drug-likeness (QED) is 0.825. The molecule has 1 aromatic heterocycles. The standard InChI is InChI=1S/C18H24ClN3O/c19-17-14-20-22(15-17)11-5-4-10-21-12-8-18(23,9-13-21)16-6-2-1-3-7-16/h1-3,6-7,14-15,23H,4-5,8-13H2. The summed E-state index contributed by atoms with van der Waals surface area (Å²) in [7, 11) is 0. The van der Waals surface area contributed by atoms with Crippen molar-refractivity contribution in [2.45, 2.75) is 37.8 Å². The van der Waals surface area contributed by atoms with E-state index in [9.17, 15) is 5.11 Å². The Morgan fingerprint density at radius 2 is 1.78 bits per heavy atom. The number of benzene rings is 1. The second kappa shape index (κ2) is 7.47. The summed E-state index contributed by atoms with van der Waals surface area (Å²) >= 11 is 5.86. The zero-order valence-electron chi connectivity index (χ0n) is 13.4. The number of hydrogen-bond acceptors (Lipinski definition) is 3. The summed E-state index contributed by atoms with van der Waals surface area (Å²) in [6.07, 6.45) is 7.40. The van der Waals surface area contributed by atoms with Gasteiger partial charge in [0.2, 0.25) is 0 Å². The fourth-order valence-corrected chi connectivity index (χ4v) is 3.41. The second-order valence-corrected chi connectivity index (χ2v) is 6.80. The van der Waals surface area contributed by atoms with Crippen LogP contribution in [0.1, 0.15) is 31.2 Å². The van der Waals surface area contributed by atoms with Gasteiger partial charge >= 0.3 is 0 Å². The van der Waals surface area contributed by atoms with E-state index >= 15 is 0 Å². The predicted molar refractivity (Wildman–Crippen MR) is 92.5 cm³/mol. The van der Waals surface area contributed by atoms with E-state index in [-0.39, 0.29) is 0 Å². The summed E-state index contributed by atoms with van der Waals surface area (Å²) in [6.45, 7) is 3.91. The average Bonchev–Trinajstić information content (AvgIpc) is 3.00. The molecule has 3 rings (SSSR count). The van der Waals surface area contributed by atoms with Crippen LogP contribution in [0.4, 0.5) is 0 Å². The van der Waals surface area contributed by atoms with Gasteiger partial charge in [0, 0.05) is 25.8 Å². The van der Waals surface area contributed by atoms with Gasteiger partial charge in [-0.2, -0.15) is 5.10 Å². The summed E-state index contributed by atoms with van der Waals surface area (Å²) in [5.74, 6) is 0. The topological polar surface area (TPSA) is 41.3 Å². The molecular weight excluding hydrogens is 310 g/mol. The van der Waals surface area contributed by atoms with Crippen LogP contribution in [0.15, 0.2) is 42.7 Å². The molecule has 1 fully saturated rings. The minimum absolute atomic E-state index is 0.649. The molecule has 1 aromatic carbocycles. The summed E-state index contributed by atoms with van der Waals surface area (Å²) in [5, 5.41) is 15.7. The van der Waals surface area contributed by atoms with Crippen LogP contribution >= 0.6 is 11.6 Å². The number of piperidine rings is 1. The Morgan fingerprint density at radius 3 is 2.43 bits per heavy atom. The van der Waals surface area contributed by atoms with Gasteiger partial charge in [0.05, 0.1) is 16.8 Å². The average molecular weight is 334 g/mol. The van der Waals surface area contributed by atoms with Crippen LogP contribution in [0.3, 0.4) is 0 Å². The third kappa shape index (κ3) is 4.34. The zero-order valence-corrected chi connectivity index (χ0v) is 14.1. The second-order valence-electron chi connectivity index (χ2n) is 6.37. The van der Waals surface area contributed by atoms with Crippen LogP contribution in [0, 0.1) is 0 Å². The van der Waals surface area contributed by atoms with Gasteiger partial charge in [-0.15, -0.1) is 0 Å². The zero-order chi connectivity index (χ0) is 16.1. The first-order valence-electron chi connectivity index (χ1n) is 8.34. The van der Waals surface area contributed by atoms with E-state index in [0.717, 1.165) is 57.4 Å². The van der Waals surface area contributed by atoms with Gasteiger partial charge in [-0.3, -0.25) is 4.68 Å². The van der Waals surface area contributed by atoms with Crippen LogP contribution < -0.4 is 0 Å². The minimum atomic E-state index is -0.649. The number of halogens is 1. The molecule has 0 aliphatic carbocycles. The number of rotatable bonds is 6. The molecule has 0 radical (unpaired) electrons. The number of hydrogen-bond donors (Lipinski definition) is 1. The Bertz CT molecular complexity index is 606. The van der Waals surface area contributed by atoms with Crippen molar-refractivity contribution in [1.29, 1.82) is 0 Å². The summed E-state index contributed by atoms with van der Waals surface area (Å²) in [4.78, 5) is 2.45. The Hall–Kier alpha value is -1.36. The first-order valence-corrected chi connectivity index (χ1v) is 8.72. The first-order chi connectivity index (χ1) is 11.2. The molecule has 2 heterocycles. The van der Waals surface area contributed by atoms with Crippen molar-refractivity contribution < 1.29 is 5.11 Å². The number of likely N-dealkylation sites (tertiary alicyclic amines) is 1. The first kappa shape index (κ1) is 16.5. The highest BCUT2D eigenvalue weighted by molar-refractivity contribution is 6.30. The normalized spacial score (nSPS) is 18.2. The number of nitrogens with zero attached hydrogens (tertiary/aromatic N) is 3. The van der Waals surface area contributed by atoms with E-state index in [1.807, 2.05) is 41.2 Å². The molecule has 0 saturated carbocycles. The Morgan fingerprint density at radius 1 is 1.09 bits per heavy atom. The van der Waals surface area contributed by atoms with Gasteiger partial charge in [0.1, 0.15) is 0 Å². The largest absolute Gasteiger partial charge is 0.385 e. The molecule has 2 aromatic rings. The van der Waals surface area contributed by atoms with Gasteiger partial charge in [0.25, 0.3) is 0 Å². The van der Waals surface area contributed by atoms with Crippen molar-refractivity contribution in [2.24, 2.45) is 0 Å². The maximum absolute atomic E-state index is 10.8. The van der Waals surface area contributed by atoms with Crippen molar-refractivity contribution in [3.8, 4) is 0 Å². The van der Waals surface area contributed by atoms with Crippen molar-refractivity contribution in [2.75, 3.05) is 19.6 Å². The lowest BCUT2D eigenvalue weighted by atomic mass is 9.84. The third-order valence-corrected chi connectivity index (χ3v) is 4.90. The number of aliphatic hydroxyl groups is 1. The molecule has 0 atom stereocenters. The number of unbranched alkanes of at least 4 members (excludes halogenated alkanes) is 1. The highest BCUT2D eigenvalue weighted by atomic mass is 35.5. The summed E-state index contributed by atoms with van der Waals surface area (Å²) in [6, 6.07) is 10.1. The third-order valence-electron chi connectivity index (χ3n) is 4.71. The van der Waals surface area contributed by atoms with Gasteiger partial charge in [0.15, 0.2) is 0 Å².